The Hall–Kier alpha value is -2.89. The van der Waals surface area contributed by atoms with Crippen LogP contribution in [0.5, 0.6) is 17.2 Å². The molecule has 0 spiro atoms. The first-order chi connectivity index (χ1) is 16.7. The number of carbonyl (C=O) groups is 3. The van der Waals surface area contributed by atoms with E-state index >= 15 is 0 Å². The Bertz CT molecular complexity index is 896. The molecular formula is C24H34O11. The lowest BCUT2D eigenvalue weighted by Gasteiger charge is -2.43. The Kier molecular flexibility index (Phi) is 10.3. The van der Waals surface area contributed by atoms with Gasteiger partial charge in [0.2, 0.25) is 0 Å². The van der Waals surface area contributed by atoms with Gasteiger partial charge in [-0.15, -0.1) is 0 Å². The van der Waals surface area contributed by atoms with Gasteiger partial charge in [0.1, 0.15) is 24.9 Å². The van der Waals surface area contributed by atoms with Crippen LogP contribution in [0.15, 0.2) is 12.1 Å². The molecule has 11 heteroatoms. The van der Waals surface area contributed by atoms with Crippen molar-refractivity contribution in [3.05, 3.63) is 17.7 Å². The van der Waals surface area contributed by atoms with Crippen LogP contribution in [0, 0.1) is 11.8 Å². The summed E-state index contributed by atoms with van der Waals surface area (Å²) in [5.41, 5.74) is -1.55. The lowest BCUT2D eigenvalue weighted by Crippen LogP contribution is -2.55. The highest BCUT2D eigenvalue weighted by molar-refractivity contribution is 6.03. The molecule has 1 aliphatic rings. The molecule has 0 bridgehead atoms. The lowest BCUT2D eigenvalue weighted by molar-refractivity contribution is -0.174. The molecule has 1 N–H and O–H groups in total. The second-order valence-corrected chi connectivity index (χ2v) is 8.25. The topological polar surface area (TPSA) is 136 Å². The van der Waals surface area contributed by atoms with Gasteiger partial charge in [-0.3, -0.25) is 14.4 Å². The molecular weight excluding hydrogens is 464 g/mol. The van der Waals surface area contributed by atoms with E-state index in [9.17, 15) is 19.5 Å². The summed E-state index contributed by atoms with van der Waals surface area (Å²) in [5.74, 6) is -5.31. The van der Waals surface area contributed by atoms with E-state index in [-0.39, 0.29) is 43.5 Å². The molecule has 0 heterocycles. The van der Waals surface area contributed by atoms with Gasteiger partial charge in [-0.25, -0.2) is 0 Å². The smallest absolute Gasteiger partial charge is 0.317 e. The summed E-state index contributed by atoms with van der Waals surface area (Å²) in [7, 11) is 7.15. The number of methoxy groups -OCH3 is 5. The van der Waals surface area contributed by atoms with Gasteiger partial charge < -0.3 is 38.3 Å². The third kappa shape index (κ3) is 6.41. The minimum absolute atomic E-state index is 0.0748. The van der Waals surface area contributed by atoms with E-state index in [1.165, 1.54) is 54.6 Å². The quantitative estimate of drug-likeness (QED) is 0.252. The zero-order valence-electron chi connectivity index (χ0n) is 21.0. The zero-order chi connectivity index (χ0) is 26.2. The van der Waals surface area contributed by atoms with Gasteiger partial charge in [0, 0.05) is 38.2 Å². The van der Waals surface area contributed by atoms with E-state index in [4.69, 9.17) is 33.2 Å². The third-order valence-corrected chi connectivity index (χ3v) is 5.93. The molecule has 4 unspecified atom stereocenters. The van der Waals surface area contributed by atoms with Crippen molar-refractivity contribution in [2.45, 2.75) is 24.9 Å². The molecule has 35 heavy (non-hydrogen) atoms. The molecule has 0 aromatic heterocycles. The summed E-state index contributed by atoms with van der Waals surface area (Å²) in [6, 6.07) is 3.03. The molecule has 1 fully saturated rings. The molecule has 11 nitrogen and oxygen atoms in total. The van der Waals surface area contributed by atoms with Crippen molar-refractivity contribution in [2.75, 3.05) is 62.0 Å². The van der Waals surface area contributed by atoms with Crippen molar-refractivity contribution in [1.82, 2.24) is 0 Å². The maximum Gasteiger partial charge on any atom is 0.317 e. The average Bonchev–Trinajstić information content (AvgIpc) is 2.82. The maximum absolute atomic E-state index is 13.3. The van der Waals surface area contributed by atoms with Crippen LogP contribution in [0.4, 0.5) is 0 Å². The summed E-state index contributed by atoms with van der Waals surface area (Å²) in [4.78, 5) is 39.6. The van der Waals surface area contributed by atoms with Crippen LogP contribution in [-0.2, 0) is 33.3 Å². The van der Waals surface area contributed by atoms with E-state index in [1.54, 1.807) is 0 Å². The number of esters is 2. The molecule has 0 radical (unpaired) electrons. The molecule has 1 aliphatic carbocycles. The van der Waals surface area contributed by atoms with Crippen LogP contribution in [-0.4, -0.2) is 90.4 Å². The molecule has 2 rings (SSSR count). The van der Waals surface area contributed by atoms with Crippen molar-refractivity contribution in [3.8, 4) is 17.2 Å². The van der Waals surface area contributed by atoms with E-state index in [1.807, 2.05) is 0 Å². The number of Topliss-reactive ketones (excluding diaryl/α,β-unsaturated/α-hetero) is 1. The number of hydrogen-bond acceptors (Lipinski definition) is 11. The first kappa shape index (κ1) is 28.3. The average molecular weight is 499 g/mol. The number of benzene rings is 1. The van der Waals surface area contributed by atoms with Crippen molar-refractivity contribution >= 4 is 17.7 Å². The van der Waals surface area contributed by atoms with Gasteiger partial charge >= 0.3 is 11.9 Å². The molecule has 0 saturated heterocycles. The van der Waals surface area contributed by atoms with Crippen molar-refractivity contribution in [3.63, 3.8) is 0 Å². The highest BCUT2D eigenvalue weighted by Crippen LogP contribution is 2.51. The van der Waals surface area contributed by atoms with Crippen LogP contribution >= 0.6 is 0 Å². The molecule has 4 atom stereocenters. The molecule has 196 valence electrons. The fourth-order valence-electron chi connectivity index (χ4n) is 4.33. The lowest BCUT2D eigenvalue weighted by atomic mass is 9.61. The van der Waals surface area contributed by atoms with Crippen LogP contribution in [0.25, 0.3) is 0 Å². The molecule has 0 amide bonds. The van der Waals surface area contributed by atoms with E-state index in [0.717, 1.165) is 0 Å². The Labute approximate surface area is 204 Å². The minimum atomic E-state index is -1.83. The largest absolute Gasteiger partial charge is 0.496 e. The Morgan fingerprint density at radius 3 is 1.89 bits per heavy atom. The third-order valence-electron chi connectivity index (χ3n) is 5.93. The van der Waals surface area contributed by atoms with Crippen molar-refractivity contribution in [2.24, 2.45) is 11.8 Å². The van der Waals surface area contributed by atoms with Gasteiger partial charge in [0.15, 0.2) is 17.3 Å². The van der Waals surface area contributed by atoms with E-state index in [0.29, 0.717) is 5.75 Å². The van der Waals surface area contributed by atoms with Crippen LogP contribution in [0.2, 0.25) is 0 Å². The highest BCUT2D eigenvalue weighted by Gasteiger charge is 2.58. The van der Waals surface area contributed by atoms with Gasteiger partial charge in [-0.2, -0.15) is 0 Å². The summed E-state index contributed by atoms with van der Waals surface area (Å²) in [6.07, 6.45) is -0.451. The standard InChI is InChI=1S/C24H34O11/c1-24(28)13-15(25)20(22(26)34-9-7-29-2)19(21(24)23(27)35-10-8-30-3)14-11-17(32-5)18(33-6)12-16(14)31-4/h11-12,19-21,28H,7-10,13H2,1-6H3. The predicted molar refractivity (Wildman–Crippen MR) is 122 cm³/mol. The molecule has 1 aromatic rings. The highest BCUT2D eigenvalue weighted by atomic mass is 16.6. The van der Waals surface area contributed by atoms with Crippen LogP contribution in [0.1, 0.15) is 24.8 Å². The van der Waals surface area contributed by atoms with Crippen molar-refractivity contribution < 1.29 is 52.6 Å². The maximum atomic E-state index is 13.3. The summed E-state index contributed by atoms with van der Waals surface area (Å²) in [6.45, 7) is 1.45. The number of rotatable bonds is 12. The Morgan fingerprint density at radius 1 is 0.857 bits per heavy atom. The van der Waals surface area contributed by atoms with Crippen LogP contribution in [0.3, 0.4) is 0 Å². The molecule has 1 saturated carbocycles. The molecule has 1 aromatic carbocycles. The minimum Gasteiger partial charge on any atom is -0.496 e. The second kappa shape index (κ2) is 12.7. The first-order valence-corrected chi connectivity index (χ1v) is 11.0. The number of hydrogen-bond donors (Lipinski definition) is 1. The predicted octanol–water partition coefficient (Wildman–Crippen LogP) is 1.13. The van der Waals surface area contributed by atoms with Gasteiger partial charge in [-0.1, -0.05) is 0 Å². The second-order valence-electron chi connectivity index (χ2n) is 8.25. The molecule has 0 aliphatic heterocycles. The van der Waals surface area contributed by atoms with Gasteiger partial charge in [0.05, 0.1) is 46.1 Å². The fourth-order valence-corrected chi connectivity index (χ4v) is 4.33. The number of ether oxygens (including phenoxy) is 7. The van der Waals surface area contributed by atoms with Crippen LogP contribution < -0.4 is 14.2 Å². The van der Waals surface area contributed by atoms with Crippen molar-refractivity contribution in [1.29, 1.82) is 0 Å². The summed E-state index contributed by atoms with van der Waals surface area (Å²) in [5, 5.41) is 11.2. The first-order valence-electron chi connectivity index (χ1n) is 11.0. The zero-order valence-corrected chi connectivity index (χ0v) is 21.0. The summed E-state index contributed by atoms with van der Waals surface area (Å²) >= 11 is 0. The van der Waals surface area contributed by atoms with E-state index in [2.05, 4.69) is 0 Å². The van der Waals surface area contributed by atoms with Gasteiger partial charge in [-0.05, 0) is 13.0 Å². The fraction of sp³-hybridized carbons (Fsp3) is 0.625. The number of aliphatic hydroxyl groups is 1. The Balaban J connectivity index is 2.70. The number of ketones is 1. The normalized spacial score (nSPS) is 24.0. The monoisotopic (exact) mass is 498 g/mol. The number of carbonyl (C=O) groups excluding carboxylic acids is 3. The SMILES string of the molecule is COCCOC(=O)C1C(=O)CC(C)(O)C(C(=O)OCCOC)C1c1cc(OC)c(OC)cc1OC. The van der Waals surface area contributed by atoms with Gasteiger partial charge in [0.25, 0.3) is 0 Å². The summed E-state index contributed by atoms with van der Waals surface area (Å²) < 4.78 is 36.7. The Morgan fingerprint density at radius 2 is 1.37 bits per heavy atom. The van der Waals surface area contributed by atoms with E-state index < -0.39 is 47.5 Å².